The third-order valence-electron chi connectivity index (χ3n) is 9.42. The molecule has 0 spiro atoms. The van der Waals surface area contributed by atoms with E-state index in [9.17, 15) is 14.4 Å². The molecule has 0 saturated heterocycles. The van der Waals surface area contributed by atoms with E-state index in [1.807, 2.05) is 88.9 Å². The lowest BCUT2D eigenvalue weighted by Crippen LogP contribution is -2.35. The number of alkyl halides is 2. The third-order valence-corrected chi connectivity index (χ3v) is 10.3. The number of anilines is 1. The summed E-state index contributed by atoms with van der Waals surface area (Å²) < 4.78 is 5.03. The van der Waals surface area contributed by atoms with Gasteiger partial charge >= 0.3 is 5.97 Å². The maximum absolute atomic E-state index is 13.5. The van der Waals surface area contributed by atoms with Gasteiger partial charge < -0.3 is 19.9 Å². The van der Waals surface area contributed by atoms with E-state index in [0.717, 1.165) is 40.9 Å². The number of nitrogens with zero attached hydrogens (tertiary/aromatic N) is 4. The van der Waals surface area contributed by atoms with Gasteiger partial charge in [-0.1, -0.05) is 71.7 Å². The number of carbonyl (C=O) groups excluding carboxylic acids is 3. The first-order valence-electron chi connectivity index (χ1n) is 17.2. The van der Waals surface area contributed by atoms with Gasteiger partial charge in [0.2, 0.25) is 0 Å². The van der Waals surface area contributed by atoms with E-state index in [0.29, 0.717) is 40.8 Å². The number of carbonyl (C=O) groups is 3. The molecule has 9 nitrogen and oxygen atoms in total. The van der Waals surface area contributed by atoms with Crippen LogP contribution in [0, 0.1) is 0 Å². The first-order valence-corrected chi connectivity index (χ1v) is 18.0. The maximum atomic E-state index is 13.5. The highest BCUT2D eigenvalue weighted by Crippen LogP contribution is 2.47. The Morgan fingerprint density at radius 2 is 1.25 bits per heavy atom. The van der Waals surface area contributed by atoms with Crippen LogP contribution in [-0.2, 0) is 61.5 Å². The van der Waals surface area contributed by atoms with Crippen molar-refractivity contribution >= 4 is 58.9 Å². The van der Waals surface area contributed by atoms with Crippen molar-refractivity contribution in [2.45, 2.75) is 54.8 Å². The molecule has 52 heavy (non-hydrogen) atoms. The van der Waals surface area contributed by atoms with Gasteiger partial charge in [-0.05, 0) is 93.1 Å². The number of esters is 1. The third kappa shape index (κ3) is 8.29. The number of nitrogens with one attached hydrogen (secondary N) is 1. The second-order valence-electron chi connectivity index (χ2n) is 14.2. The number of ether oxygens (including phenoxy) is 1. The summed E-state index contributed by atoms with van der Waals surface area (Å²) in [7, 11) is 9.40. The lowest BCUT2D eigenvalue weighted by molar-refractivity contribution is -0.141. The summed E-state index contributed by atoms with van der Waals surface area (Å²) in [5.41, 5.74) is 7.55. The lowest BCUT2D eigenvalue weighted by Gasteiger charge is -2.32. The smallest absolute Gasteiger partial charge is 0.328 e. The van der Waals surface area contributed by atoms with Crippen LogP contribution in [0.25, 0.3) is 0 Å². The summed E-state index contributed by atoms with van der Waals surface area (Å²) in [6, 6.07) is 19.1. The van der Waals surface area contributed by atoms with Crippen LogP contribution in [0.2, 0.25) is 0 Å². The Labute approximate surface area is 315 Å². The van der Waals surface area contributed by atoms with Crippen molar-refractivity contribution < 1.29 is 19.1 Å². The number of Topliss-reactive ketones (excluding diaryl/α,β-unsaturated/α-hetero) is 2. The molecule has 3 aromatic carbocycles. The van der Waals surface area contributed by atoms with Gasteiger partial charge in [-0.3, -0.25) is 19.6 Å². The fourth-order valence-electron chi connectivity index (χ4n) is 6.78. The lowest BCUT2D eigenvalue weighted by atomic mass is 9.87. The molecular formula is C41H43Cl2N5O4. The topological polar surface area (TPSA) is 104 Å². The first kappa shape index (κ1) is 37.4. The Morgan fingerprint density at radius 1 is 0.769 bits per heavy atom. The summed E-state index contributed by atoms with van der Waals surface area (Å²) in [6.07, 6.45) is 7.74. The van der Waals surface area contributed by atoms with Crippen LogP contribution in [0.5, 0.6) is 0 Å². The van der Waals surface area contributed by atoms with Crippen LogP contribution in [-0.4, -0.2) is 81.1 Å². The number of hydrogen-bond acceptors (Lipinski definition) is 9. The number of rotatable bonds is 13. The van der Waals surface area contributed by atoms with E-state index in [-0.39, 0.29) is 30.4 Å². The van der Waals surface area contributed by atoms with Crippen molar-refractivity contribution in [1.29, 1.82) is 0 Å². The summed E-state index contributed by atoms with van der Waals surface area (Å²) in [5.74, 6) is -0.601. The minimum atomic E-state index is -1.42. The van der Waals surface area contributed by atoms with E-state index in [2.05, 4.69) is 25.1 Å². The molecule has 3 unspecified atom stereocenters. The SMILES string of the molecule is COC(=O)C1CCc2c(cc(C3(Cl)C=C(C(=O)Cc4ccc(CN(C)C)cc4)C=N3)cc2C2(Cl)C=C(C(=O)Cc3ccc(CN(C)C)cc3)C=N2)N1. The zero-order valence-electron chi connectivity index (χ0n) is 30.1. The number of methoxy groups -OCH3 is 1. The Hall–Kier alpha value is -4.41. The summed E-state index contributed by atoms with van der Waals surface area (Å²) in [4.78, 5) is 50.1. The molecule has 0 radical (unpaired) electrons. The Bertz CT molecular complexity index is 2000. The normalized spacial score (nSPS) is 21.9. The molecule has 1 N–H and O–H groups in total. The summed E-state index contributed by atoms with van der Waals surface area (Å²) >= 11 is 14.5. The number of ketones is 2. The molecule has 0 bridgehead atoms. The molecule has 3 aromatic rings. The van der Waals surface area contributed by atoms with Crippen LogP contribution in [0.4, 0.5) is 5.69 Å². The zero-order chi connectivity index (χ0) is 37.2. The molecule has 3 atom stereocenters. The highest BCUT2D eigenvalue weighted by molar-refractivity contribution is 6.30. The van der Waals surface area contributed by atoms with Crippen molar-refractivity contribution in [2.75, 3.05) is 40.6 Å². The molecular weight excluding hydrogens is 697 g/mol. The highest BCUT2D eigenvalue weighted by atomic mass is 35.5. The Kier molecular flexibility index (Phi) is 11.0. The minimum Gasteiger partial charge on any atom is -0.467 e. The minimum absolute atomic E-state index is 0.104. The van der Waals surface area contributed by atoms with Crippen LogP contribution in [0.3, 0.4) is 0 Å². The molecule has 0 aromatic heterocycles. The Balaban J connectivity index is 1.28. The number of allylic oxidation sites excluding steroid dienone is 2. The van der Waals surface area contributed by atoms with Crippen molar-refractivity contribution in [3.63, 3.8) is 0 Å². The monoisotopic (exact) mass is 739 g/mol. The van der Waals surface area contributed by atoms with Gasteiger partial charge in [0, 0.05) is 66.3 Å². The van der Waals surface area contributed by atoms with Crippen molar-refractivity contribution in [2.24, 2.45) is 9.98 Å². The van der Waals surface area contributed by atoms with Gasteiger partial charge in [-0.25, -0.2) is 4.79 Å². The summed E-state index contributed by atoms with van der Waals surface area (Å²) in [5, 5.41) is 3.30. The number of halogens is 2. The number of aliphatic imine (C=N–C) groups is 2. The van der Waals surface area contributed by atoms with E-state index < -0.39 is 16.0 Å². The second kappa shape index (κ2) is 15.3. The number of hydrogen-bond donors (Lipinski definition) is 1. The number of benzene rings is 3. The van der Waals surface area contributed by atoms with Crippen LogP contribution < -0.4 is 5.32 Å². The van der Waals surface area contributed by atoms with Crippen molar-refractivity contribution in [3.8, 4) is 0 Å². The molecule has 3 aliphatic heterocycles. The van der Waals surface area contributed by atoms with Crippen LogP contribution >= 0.6 is 23.2 Å². The zero-order valence-corrected chi connectivity index (χ0v) is 31.6. The van der Waals surface area contributed by atoms with Gasteiger partial charge in [0.05, 0.1) is 7.11 Å². The van der Waals surface area contributed by atoms with Gasteiger partial charge in [0.25, 0.3) is 0 Å². The molecule has 0 amide bonds. The fourth-order valence-corrected chi connectivity index (χ4v) is 7.39. The molecule has 0 aliphatic carbocycles. The maximum Gasteiger partial charge on any atom is 0.328 e. The quantitative estimate of drug-likeness (QED) is 0.128. The fraction of sp³-hybridized carbons (Fsp3) is 0.341. The van der Waals surface area contributed by atoms with Gasteiger partial charge in [0.15, 0.2) is 21.6 Å². The van der Waals surface area contributed by atoms with Crippen LogP contribution in [0.15, 0.2) is 93.9 Å². The summed E-state index contributed by atoms with van der Waals surface area (Å²) in [6.45, 7) is 1.63. The average Bonchev–Trinajstić information content (AvgIpc) is 3.73. The van der Waals surface area contributed by atoms with Crippen molar-refractivity contribution in [3.05, 3.63) is 123 Å². The number of fused-ring (bicyclic) bond motifs is 1. The molecule has 11 heteroatoms. The Morgan fingerprint density at radius 3 is 1.75 bits per heavy atom. The van der Waals surface area contributed by atoms with E-state index >= 15 is 0 Å². The van der Waals surface area contributed by atoms with Gasteiger partial charge in [-0.15, -0.1) is 0 Å². The molecule has 3 heterocycles. The van der Waals surface area contributed by atoms with Gasteiger partial charge in [0.1, 0.15) is 6.04 Å². The molecule has 6 rings (SSSR count). The first-order chi connectivity index (χ1) is 24.7. The van der Waals surface area contributed by atoms with E-state index in [4.69, 9.17) is 27.9 Å². The molecule has 3 aliphatic rings. The van der Waals surface area contributed by atoms with Crippen LogP contribution in [0.1, 0.15) is 45.4 Å². The highest BCUT2D eigenvalue weighted by Gasteiger charge is 2.40. The standard InChI is InChI=1S/C41H43Cl2N5O4/c1-47(2)24-28-10-6-26(7-11-28)16-37(49)30-20-40(42,44-22-30)32-18-34(33-14-15-35(39(51)52-5)46-36(33)19-32)41(43)21-31(23-45-41)38(50)17-27-8-12-29(13-9-27)25-48(3)4/h6-13,18-23,35,46H,14-17,24-25H2,1-5H3. The predicted octanol–water partition coefficient (Wildman–Crippen LogP) is 6.14. The molecule has 0 fully saturated rings. The van der Waals surface area contributed by atoms with Gasteiger partial charge in [-0.2, -0.15) is 0 Å². The largest absolute Gasteiger partial charge is 0.467 e. The van der Waals surface area contributed by atoms with E-state index in [1.165, 1.54) is 19.5 Å². The average molecular weight is 741 g/mol. The molecule has 270 valence electrons. The van der Waals surface area contributed by atoms with E-state index in [1.54, 1.807) is 12.2 Å². The second-order valence-corrected chi connectivity index (χ2v) is 15.3. The molecule has 0 saturated carbocycles. The predicted molar refractivity (Wildman–Crippen MR) is 207 cm³/mol. The van der Waals surface area contributed by atoms with Crippen molar-refractivity contribution in [1.82, 2.24) is 9.80 Å².